The smallest absolute Gasteiger partial charge is 0.409 e. The Hall–Kier alpha value is -2.24. The van der Waals surface area contributed by atoms with Crippen molar-refractivity contribution in [1.82, 2.24) is 5.32 Å². The van der Waals surface area contributed by atoms with Gasteiger partial charge in [-0.1, -0.05) is 36.7 Å². The number of halogens is 1. The van der Waals surface area contributed by atoms with E-state index in [-0.39, 0.29) is 6.61 Å². The molecular formula is C21H25ClN2O3. The van der Waals surface area contributed by atoms with Crippen LogP contribution in [0.1, 0.15) is 25.3 Å². The van der Waals surface area contributed by atoms with Gasteiger partial charge in [0, 0.05) is 37.1 Å². The first kappa shape index (κ1) is 19.5. The van der Waals surface area contributed by atoms with Crippen LogP contribution in [-0.2, 0) is 6.42 Å². The predicted octanol–water partition coefficient (Wildman–Crippen LogP) is 4.53. The number of anilines is 2. The van der Waals surface area contributed by atoms with Crippen LogP contribution in [0.15, 0.2) is 42.5 Å². The van der Waals surface area contributed by atoms with Crippen LogP contribution in [0, 0.1) is 5.92 Å². The van der Waals surface area contributed by atoms with E-state index in [1.807, 2.05) is 30.3 Å². The fourth-order valence-corrected chi connectivity index (χ4v) is 3.50. The largest absolute Gasteiger partial charge is 0.412 e. The highest BCUT2D eigenvalue weighted by Crippen LogP contribution is 2.40. The third-order valence-corrected chi connectivity index (χ3v) is 4.99. The molecule has 1 aliphatic heterocycles. The van der Waals surface area contributed by atoms with Crippen molar-refractivity contribution in [3.8, 4) is 5.75 Å². The summed E-state index contributed by atoms with van der Waals surface area (Å²) in [6.07, 6.45) is 1.92. The minimum Gasteiger partial charge on any atom is -0.409 e. The van der Waals surface area contributed by atoms with Crippen molar-refractivity contribution in [1.29, 1.82) is 0 Å². The molecule has 2 aromatic carbocycles. The van der Waals surface area contributed by atoms with Crippen molar-refractivity contribution < 1.29 is 14.6 Å². The fraction of sp³-hybridized carbons (Fsp3) is 0.381. The lowest BCUT2D eigenvalue weighted by atomic mass is 10.0. The number of nitrogens with zero attached hydrogens (tertiary/aromatic N) is 1. The number of benzene rings is 2. The zero-order chi connectivity index (χ0) is 19.2. The number of carbonyl (C=O) groups excluding carboxylic acids is 1. The van der Waals surface area contributed by atoms with Crippen LogP contribution in [0.25, 0.3) is 0 Å². The molecule has 0 spiro atoms. The molecule has 1 aliphatic rings. The number of aryl methyl sites for hydroxylation is 1. The number of ether oxygens (including phenoxy) is 1. The van der Waals surface area contributed by atoms with E-state index in [1.165, 1.54) is 0 Å². The lowest BCUT2D eigenvalue weighted by Crippen LogP contribution is -2.28. The van der Waals surface area contributed by atoms with E-state index < -0.39 is 6.09 Å². The van der Waals surface area contributed by atoms with Gasteiger partial charge in [-0.05, 0) is 48.9 Å². The van der Waals surface area contributed by atoms with Crippen LogP contribution in [0.2, 0.25) is 5.02 Å². The maximum Gasteiger partial charge on any atom is 0.412 e. The number of amides is 1. The molecule has 0 bridgehead atoms. The normalized spacial score (nSPS) is 16.4. The molecule has 2 aromatic rings. The number of hydrogen-bond donors (Lipinski definition) is 2. The maximum absolute atomic E-state index is 12.0. The number of rotatable bonds is 5. The van der Waals surface area contributed by atoms with Crippen molar-refractivity contribution in [3.05, 3.63) is 53.1 Å². The van der Waals surface area contributed by atoms with Crippen molar-refractivity contribution in [2.75, 3.05) is 24.6 Å². The highest BCUT2D eigenvalue weighted by Gasteiger charge is 2.23. The summed E-state index contributed by atoms with van der Waals surface area (Å²) in [5.41, 5.74) is 3.28. The van der Waals surface area contributed by atoms with E-state index in [4.69, 9.17) is 21.4 Å². The Morgan fingerprint density at radius 2 is 2.11 bits per heavy atom. The van der Waals surface area contributed by atoms with Crippen LogP contribution in [-0.4, -0.2) is 30.9 Å². The topological polar surface area (TPSA) is 61.8 Å². The number of fused-ring (bicyclic) bond motifs is 1. The molecule has 1 heterocycles. The predicted molar refractivity (Wildman–Crippen MR) is 108 cm³/mol. The van der Waals surface area contributed by atoms with E-state index in [1.54, 1.807) is 0 Å². The van der Waals surface area contributed by atoms with Gasteiger partial charge in [-0.2, -0.15) is 0 Å². The van der Waals surface area contributed by atoms with Crippen molar-refractivity contribution in [3.63, 3.8) is 0 Å². The summed E-state index contributed by atoms with van der Waals surface area (Å²) in [5, 5.41) is 11.8. The van der Waals surface area contributed by atoms with Gasteiger partial charge in [0.2, 0.25) is 0 Å². The zero-order valence-electron chi connectivity index (χ0n) is 15.5. The van der Waals surface area contributed by atoms with Crippen LogP contribution < -0.4 is 15.0 Å². The Kier molecular flexibility index (Phi) is 6.58. The van der Waals surface area contributed by atoms with Crippen molar-refractivity contribution >= 4 is 29.1 Å². The minimum atomic E-state index is -0.571. The number of aliphatic hydroxyl groups excluding tert-OH is 1. The van der Waals surface area contributed by atoms with Crippen LogP contribution in [0.4, 0.5) is 16.2 Å². The van der Waals surface area contributed by atoms with Gasteiger partial charge in [-0.15, -0.1) is 0 Å². The summed E-state index contributed by atoms with van der Waals surface area (Å²) in [7, 11) is 0. The van der Waals surface area contributed by atoms with Crippen LogP contribution >= 0.6 is 11.6 Å². The SMILES string of the molecule is CC1CCc2cc(Cl)c(OC(=O)NCCCO)cc2N(c2ccccc2)C1. The van der Waals surface area contributed by atoms with E-state index in [2.05, 4.69) is 29.3 Å². The first-order valence-electron chi connectivity index (χ1n) is 9.30. The highest BCUT2D eigenvalue weighted by atomic mass is 35.5. The van der Waals surface area contributed by atoms with Gasteiger partial charge < -0.3 is 20.1 Å². The molecule has 0 radical (unpaired) electrons. The van der Waals surface area contributed by atoms with Gasteiger partial charge >= 0.3 is 6.09 Å². The average Bonchev–Trinajstić information content (AvgIpc) is 2.82. The fourth-order valence-electron chi connectivity index (χ4n) is 3.27. The summed E-state index contributed by atoms with van der Waals surface area (Å²) in [5.74, 6) is 0.870. The molecule has 6 heteroatoms. The van der Waals surface area contributed by atoms with Gasteiger partial charge in [-0.25, -0.2) is 4.79 Å². The molecule has 0 aliphatic carbocycles. The summed E-state index contributed by atoms with van der Waals surface area (Å²) in [4.78, 5) is 14.3. The molecule has 0 aromatic heterocycles. The van der Waals surface area contributed by atoms with E-state index in [0.717, 1.165) is 36.3 Å². The Morgan fingerprint density at radius 3 is 2.85 bits per heavy atom. The number of aliphatic hydroxyl groups is 1. The monoisotopic (exact) mass is 388 g/mol. The van der Waals surface area contributed by atoms with Gasteiger partial charge in [0.1, 0.15) is 0 Å². The molecule has 2 N–H and O–H groups in total. The minimum absolute atomic E-state index is 0.0180. The number of hydrogen-bond acceptors (Lipinski definition) is 4. The third-order valence-electron chi connectivity index (χ3n) is 4.70. The van der Waals surface area contributed by atoms with Gasteiger partial charge in [0.25, 0.3) is 0 Å². The number of para-hydroxylation sites is 1. The Labute approximate surface area is 164 Å². The summed E-state index contributed by atoms with van der Waals surface area (Å²) in [6.45, 7) is 3.51. The lowest BCUT2D eigenvalue weighted by molar-refractivity contribution is 0.199. The zero-order valence-corrected chi connectivity index (χ0v) is 16.2. The molecule has 1 unspecified atom stereocenters. The maximum atomic E-state index is 12.0. The highest BCUT2D eigenvalue weighted by molar-refractivity contribution is 6.32. The molecule has 0 saturated heterocycles. The molecule has 27 heavy (non-hydrogen) atoms. The average molecular weight is 389 g/mol. The molecule has 1 amide bonds. The quantitative estimate of drug-likeness (QED) is 0.738. The van der Waals surface area contributed by atoms with Gasteiger partial charge in [0.15, 0.2) is 5.75 Å². The summed E-state index contributed by atoms with van der Waals surface area (Å²) >= 11 is 6.39. The summed E-state index contributed by atoms with van der Waals surface area (Å²) in [6, 6.07) is 14.0. The van der Waals surface area contributed by atoms with E-state index in [0.29, 0.717) is 29.7 Å². The lowest BCUT2D eigenvalue weighted by Gasteiger charge is -2.27. The second-order valence-corrected chi connectivity index (χ2v) is 7.30. The molecule has 1 atom stereocenters. The molecule has 3 rings (SSSR count). The van der Waals surface area contributed by atoms with Crippen molar-refractivity contribution in [2.45, 2.75) is 26.2 Å². The standard InChI is InChI=1S/C21H25ClN2O3/c1-15-8-9-16-12-18(22)20(27-21(26)23-10-5-11-25)13-19(16)24(14-15)17-6-3-2-4-7-17/h2-4,6-7,12-13,15,25H,5,8-11,14H2,1H3,(H,23,26). The third kappa shape index (κ3) is 4.93. The Bertz CT molecular complexity index is 782. The first-order valence-corrected chi connectivity index (χ1v) is 9.68. The Balaban J connectivity index is 1.90. The summed E-state index contributed by atoms with van der Waals surface area (Å²) < 4.78 is 5.42. The Morgan fingerprint density at radius 1 is 1.33 bits per heavy atom. The van der Waals surface area contributed by atoms with Crippen LogP contribution in [0.3, 0.4) is 0 Å². The number of carbonyl (C=O) groups is 1. The van der Waals surface area contributed by atoms with Gasteiger partial charge in [0.05, 0.1) is 5.02 Å². The first-order chi connectivity index (χ1) is 13.1. The van der Waals surface area contributed by atoms with Crippen molar-refractivity contribution in [2.24, 2.45) is 5.92 Å². The van der Waals surface area contributed by atoms with Crippen LogP contribution in [0.5, 0.6) is 5.75 Å². The second kappa shape index (κ2) is 9.11. The molecule has 0 fully saturated rings. The molecular weight excluding hydrogens is 364 g/mol. The molecule has 0 saturated carbocycles. The van der Waals surface area contributed by atoms with E-state index in [9.17, 15) is 4.79 Å². The number of nitrogens with one attached hydrogen (secondary N) is 1. The second-order valence-electron chi connectivity index (χ2n) is 6.89. The van der Waals surface area contributed by atoms with Gasteiger partial charge in [-0.3, -0.25) is 0 Å². The molecule has 5 nitrogen and oxygen atoms in total. The van der Waals surface area contributed by atoms with E-state index >= 15 is 0 Å². The molecule has 144 valence electrons.